The summed E-state index contributed by atoms with van der Waals surface area (Å²) in [6, 6.07) is -4.10. The summed E-state index contributed by atoms with van der Waals surface area (Å²) in [5.41, 5.74) is 36.4. The molecule has 0 bridgehead atoms. The molecule has 50 heavy (non-hydrogen) atoms. The molecule has 20 N–H and O–H groups in total. The van der Waals surface area contributed by atoms with Gasteiger partial charge in [0.2, 0.25) is 0 Å². The number of aliphatic hydroxyl groups excluding tert-OH is 6. The molecule has 19 atom stereocenters. The number of nitrogens with one attached hydrogen (secondary N) is 2. The molecule has 20 nitrogen and oxygen atoms in total. The Hall–Kier alpha value is -0.680. The molecule has 3 aliphatic heterocycles. The van der Waals surface area contributed by atoms with Crippen molar-refractivity contribution >= 4 is 29.1 Å². The fraction of sp³-hybridized carbons (Fsp3) is 0.964. The van der Waals surface area contributed by atoms with Gasteiger partial charge in [-0.3, -0.25) is 0 Å². The molecule has 17 unspecified atom stereocenters. The Balaban J connectivity index is 1.51. The van der Waals surface area contributed by atoms with Gasteiger partial charge in [0.05, 0.1) is 24.3 Å². The van der Waals surface area contributed by atoms with Crippen LogP contribution >= 0.6 is 24.0 Å². The van der Waals surface area contributed by atoms with Crippen molar-refractivity contribution in [1.82, 2.24) is 10.6 Å². The summed E-state index contributed by atoms with van der Waals surface area (Å²) in [6.07, 6.45) is -18.8. The van der Waals surface area contributed by atoms with Crippen molar-refractivity contribution in [1.29, 1.82) is 0 Å². The molecule has 4 aliphatic rings. The van der Waals surface area contributed by atoms with Gasteiger partial charge in [0.15, 0.2) is 24.0 Å². The highest BCUT2D eigenvalue weighted by atomic mass is 32.2. The van der Waals surface area contributed by atoms with Crippen LogP contribution in [0.4, 0.5) is 0 Å². The summed E-state index contributed by atoms with van der Waals surface area (Å²) in [7, 11) is 0. The van der Waals surface area contributed by atoms with Crippen molar-refractivity contribution in [3.05, 3.63) is 0 Å². The third kappa shape index (κ3) is 9.70. The van der Waals surface area contributed by atoms with Gasteiger partial charge in [-0.1, -0.05) is 0 Å². The Morgan fingerprint density at radius 3 is 1.74 bits per heavy atom. The first kappa shape index (κ1) is 42.1. The second-order valence-corrected chi connectivity index (χ2v) is 14.5. The van der Waals surface area contributed by atoms with E-state index < -0.39 is 116 Å². The van der Waals surface area contributed by atoms with Crippen LogP contribution in [-0.4, -0.2) is 190 Å². The summed E-state index contributed by atoms with van der Waals surface area (Å²) >= 11 is 6.66. The lowest BCUT2D eigenvalue weighted by atomic mass is 9.84. The first-order valence-electron chi connectivity index (χ1n) is 16.8. The molecule has 0 spiro atoms. The minimum Gasteiger partial charge on any atom is -0.389 e. The highest BCUT2D eigenvalue weighted by molar-refractivity contribution is 7.99. The van der Waals surface area contributed by atoms with E-state index in [-0.39, 0.29) is 25.3 Å². The molecule has 1 saturated carbocycles. The normalized spacial score (nSPS) is 46.9. The Labute approximate surface area is 300 Å². The van der Waals surface area contributed by atoms with Crippen LogP contribution in [0.2, 0.25) is 0 Å². The average Bonchev–Trinajstić information content (AvgIpc) is 3.37. The predicted octanol–water partition coefficient (Wildman–Crippen LogP) is -7.67. The lowest BCUT2D eigenvalue weighted by Gasteiger charge is -2.47. The molecule has 3 saturated heterocycles. The molecule has 0 aromatic rings. The van der Waals surface area contributed by atoms with Crippen LogP contribution < -0.4 is 45.0 Å². The van der Waals surface area contributed by atoms with Gasteiger partial charge in [-0.2, -0.15) is 11.8 Å². The van der Waals surface area contributed by atoms with E-state index >= 15 is 0 Å². The van der Waals surface area contributed by atoms with Gasteiger partial charge in [0, 0.05) is 49.8 Å². The fourth-order valence-electron chi connectivity index (χ4n) is 6.39. The van der Waals surface area contributed by atoms with Gasteiger partial charge in [0.1, 0.15) is 61.0 Å². The first-order valence-corrected chi connectivity index (χ1v) is 18.3. The summed E-state index contributed by atoms with van der Waals surface area (Å²) < 4.78 is 36.1. The summed E-state index contributed by atoms with van der Waals surface area (Å²) in [5.74, 6) is 0.870. The predicted molar refractivity (Wildman–Crippen MR) is 183 cm³/mol. The monoisotopic (exact) mass is 760 g/mol. The van der Waals surface area contributed by atoms with E-state index in [1.165, 1.54) is 11.8 Å². The highest BCUT2D eigenvalue weighted by Gasteiger charge is 2.54. The van der Waals surface area contributed by atoms with Crippen LogP contribution in [0.15, 0.2) is 0 Å². The van der Waals surface area contributed by atoms with Crippen LogP contribution in [-0.2, 0) is 28.4 Å². The van der Waals surface area contributed by atoms with E-state index in [1.54, 1.807) is 0 Å². The molecule has 0 amide bonds. The summed E-state index contributed by atoms with van der Waals surface area (Å²) in [6.45, 7) is 2.84. The minimum absolute atomic E-state index is 0.108. The molecule has 1 aliphatic carbocycles. The van der Waals surface area contributed by atoms with Crippen molar-refractivity contribution in [3.63, 3.8) is 0 Å². The number of nitrogens with two attached hydrogens (primary N) is 6. The average molecular weight is 761 g/mol. The first-order chi connectivity index (χ1) is 23.7. The third-order valence-corrected chi connectivity index (χ3v) is 10.7. The maximum absolute atomic E-state index is 11.6. The van der Waals surface area contributed by atoms with Gasteiger partial charge < -0.3 is 104 Å². The van der Waals surface area contributed by atoms with Crippen LogP contribution in [0.25, 0.3) is 0 Å². The zero-order chi connectivity index (χ0) is 36.9. The van der Waals surface area contributed by atoms with Crippen LogP contribution in [0.1, 0.15) is 13.3 Å². The van der Waals surface area contributed by atoms with E-state index in [2.05, 4.69) is 10.6 Å². The lowest BCUT2D eigenvalue weighted by molar-refractivity contribution is -0.306. The number of thiocarbonyl (C=S) groups is 1. The van der Waals surface area contributed by atoms with Crippen molar-refractivity contribution in [2.24, 2.45) is 34.4 Å². The Morgan fingerprint density at radius 2 is 1.20 bits per heavy atom. The second kappa shape index (κ2) is 19.1. The zero-order valence-corrected chi connectivity index (χ0v) is 29.5. The second-order valence-electron chi connectivity index (χ2n) is 12.9. The molecule has 3 heterocycles. The number of rotatable bonds is 14. The lowest BCUT2D eigenvalue weighted by Crippen LogP contribution is -2.68. The largest absolute Gasteiger partial charge is 0.389 e. The van der Waals surface area contributed by atoms with Gasteiger partial charge >= 0.3 is 0 Å². The molecular weight excluding hydrogens is 704 g/mol. The topological polar surface area (TPSA) is 357 Å². The smallest absolute Gasteiger partial charge is 0.187 e. The number of hydrogen-bond acceptors (Lipinski definition) is 20. The number of hydrogen-bond donors (Lipinski definition) is 14. The molecule has 22 heteroatoms. The van der Waals surface area contributed by atoms with Crippen molar-refractivity contribution in [3.8, 4) is 0 Å². The minimum atomic E-state index is -1.51. The van der Waals surface area contributed by atoms with Crippen LogP contribution in [0.5, 0.6) is 0 Å². The fourth-order valence-corrected chi connectivity index (χ4v) is 7.55. The quantitative estimate of drug-likeness (QED) is 0.0577. The standard InChI is InChI=1S/C28H56N8O12S2/c1-2-35-28(49)36-3-4-50-8-13-23(47-26-15(34)20(41)18(39)12(7-30)44-26)21(42)27(45-13)48-24-16(37)9(31)5-10(32)22(24)46-25-14(33)19(40)17(38)11(6-29)43-25/h9-27,37-42H,2-8,29-34H2,1H3,(H2,35,36,49)/t9?,10?,11?,12-,13?,14?,15?,16?,17?,18?,19?,20?,21?,22?,23?,24?,25?,26+,27?/m0/s1. The molecule has 0 aromatic heterocycles. The maximum atomic E-state index is 11.6. The number of thioether (sulfide) groups is 1. The Kier molecular flexibility index (Phi) is 16.0. The number of ether oxygens (including phenoxy) is 6. The van der Waals surface area contributed by atoms with Crippen molar-refractivity contribution in [2.75, 3.05) is 37.7 Å². The van der Waals surface area contributed by atoms with Gasteiger partial charge in [-0.25, -0.2) is 0 Å². The van der Waals surface area contributed by atoms with Gasteiger partial charge in [-0.05, 0) is 25.6 Å². The van der Waals surface area contributed by atoms with Gasteiger partial charge in [0.25, 0.3) is 0 Å². The maximum Gasteiger partial charge on any atom is 0.187 e. The number of aliphatic hydroxyl groups is 6. The highest BCUT2D eigenvalue weighted by Crippen LogP contribution is 2.35. The van der Waals surface area contributed by atoms with E-state index in [0.29, 0.717) is 24.0 Å². The van der Waals surface area contributed by atoms with Crippen LogP contribution in [0, 0.1) is 0 Å². The van der Waals surface area contributed by atoms with Crippen molar-refractivity contribution < 1.29 is 59.1 Å². The molecule has 0 radical (unpaired) electrons. The molecule has 0 aromatic carbocycles. The van der Waals surface area contributed by atoms with E-state index in [1.807, 2.05) is 6.92 Å². The SMILES string of the molecule is CCNC(=S)NCCSCC1OC(OC2C(O)C(N)CC(N)C2OC2OC(CN)C(O)C(O)C2N)C(O)C1O[C@H]1O[C@@H](CN)C(O)C(O)C1N. The Bertz CT molecular complexity index is 1070. The van der Waals surface area contributed by atoms with Gasteiger partial charge in [-0.15, -0.1) is 0 Å². The molecule has 4 fully saturated rings. The molecule has 292 valence electrons. The van der Waals surface area contributed by atoms with E-state index in [4.69, 9.17) is 75.0 Å². The van der Waals surface area contributed by atoms with Crippen molar-refractivity contribution in [2.45, 2.75) is 130 Å². The third-order valence-electron chi connectivity index (χ3n) is 9.34. The molecular formula is C28H56N8O12S2. The summed E-state index contributed by atoms with van der Waals surface area (Å²) in [5, 5.41) is 71.1. The summed E-state index contributed by atoms with van der Waals surface area (Å²) in [4.78, 5) is 0. The van der Waals surface area contributed by atoms with Crippen LogP contribution in [0.3, 0.4) is 0 Å². The Morgan fingerprint density at radius 1 is 0.680 bits per heavy atom. The van der Waals surface area contributed by atoms with E-state index in [0.717, 1.165) is 0 Å². The van der Waals surface area contributed by atoms with E-state index in [9.17, 15) is 30.6 Å². The zero-order valence-electron chi connectivity index (χ0n) is 27.8. The molecule has 4 rings (SSSR count).